The first-order valence-electron chi connectivity index (χ1n) is 14.0. The van der Waals surface area contributed by atoms with Gasteiger partial charge in [0.25, 0.3) is 0 Å². The number of likely N-dealkylation sites (tertiary alicyclic amines) is 1. The van der Waals surface area contributed by atoms with Gasteiger partial charge in [-0.05, 0) is 43.9 Å². The van der Waals surface area contributed by atoms with Gasteiger partial charge in [-0.25, -0.2) is 0 Å². The van der Waals surface area contributed by atoms with Crippen LogP contribution in [0.25, 0.3) is 5.57 Å². The molecule has 5 rings (SSSR count). The monoisotopic (exact) mass is 529 g/mol. The number of carbonyl (C=O) groups excluding carboxylic acids is 2. The second-order valence-electron chi connectivity index (χ2n) is 11.5. The summed E-state index contributed by atoms with van der Waals surface area (Å²) in [5.41, 5.74) is -0.703. The highest BCUT2D eigenvalue weighted by Gasteiger charge is 2.59. The van der Waals surface area contributed by atoms with Crippen LogP contribution >= 0.6 is 0 Å². The summed E-state index contributed by atoms with van der Waals surface area (Å²) in [5.74, 6) is -3.17. The van der Waals surface area contributed by atoms with Gasteiger partial charge >= 0.3 is 6.18 Å². The Bertz CT molecular complexity index is 1070. The largest absolute Gasteiger partial charge is 0.396 e. The van der Waals surface area contributed by atoms with E-state index >= 15 is 0 Å². The van der Waals surface area contributed by atoms with Gasteiger partial charge in [0.2, 0.25) is 11.8 Å². The number of carbonyl (C=O) groups is 2. The van der Waals surface area contributed by atoms with Crippen LogP contribution in [0.2, 0.25) is 0 Å². The Balaban J connectivity index is 1.49. The molecule has 2 aliphatic carbocycles. The third-order valence-corrected chi connectivity index (χ3v) is 9.06. The van der Waals surface area contributed by atoms with Gasteiger partial charge in [-0.15, -0.1) is 0 Å². The van der Waals surface area contributed by atoms with E-state index in [2.05, 4.69) is 4.90 Å². The van der Waals surface area contributed by atoms with E-state index in [1.807, 2.05) is 18.0 Å². The van der Waals surface area contributed by atoms with Crippen molar-refractivity contribution in [2.75, 3.05) is 39.8 Å². The van der Waals surface area contributed by atoms with Gasteiger partial charge in [0.1, 0.15) is 0 Å². The molecule has 3 fully saturated rings. The third kappa shape index (κ3) is 5.29. The molecule has 5 nitrogen and oxygen atoms in total. The number of hydrogen-bond donors (Lipinski definition) is 0. The molecule has 4 aliphatic rings. The van der Waals surface area contributed by atoms with Gasteiger partial charge in [0.15, 0.2) is 0 Å². The average Bonchev–Trinajstić information content (AvgIpc) is 3.28. The van der Waals surface area contributed by atoms with E-state index in [-0.39, 0.29) is 18.4 Å². The fourth-order valence-electron chi connectivity index (χ4n) is 6.84. The molecule has 2 amide bonds. The van der Waals surface area contributed by atoms with E-state index in [1.54, 1.807) is 35.2 Å². The first-order valence-corrected chi connectivity index (χ1v) is 14.0. The molecule has 0 N–H and O–H groups in total. The third-order valence-electron chi connectivity index (χ3n) is 9.06. The lowest BCUT2D eigenvalue weighted by Gasteiger charge is -2.45. The molecule has 1 saturated carbocycles. The highest BCUT2D eigenvalue weighted by Crippen LogP contribution is 2.52. The average molecular weight is 530 g/mol. The predicted octanol–water partition coefficient (Wildman–Crippen LogP) is 5.15. The molecular weight excluding hydrogens is 491 g/mol. The lowest BCUT2D eigenvalue weighted by atomic mass is 9.64. The zero-order valence-corrected chi connectivity index (χ0v) is 22.1. The van der Waals surface area contributed by atoms with Crippen LogP contribution in [0, 0.1) is 17.3 Å². The van der Waals surface area contributed by atoms with Gasteiger partial charge in [-0.2, -0.15) is 13.2 Å². The van der Waals surface area contributed by atoms with E-state index in [4.69, 9.17) is 0 Å². The van der Waals surface area contributed by atoms with E-state index in [0.29, 0.717) is 50.3 Å². The van der Waals surface area contributed by atoms with Crippen molar-refractivity contribution in [1.29, 1.82) is 0 Å². The second-order valence-corrected chi connectivity index (χ2v) is 11.5. The number of nitrogens with zero attached hydrogens (tertiary/aromatic N) is 3. The number of amides is 2. The molecule has 3 unspecified atom stereocenters. The van der Waals surface area contributed by atoms with Crippen LogP contribution in [0.5, 0.6) is 0 Å². The number of likely N-dealkylation sites (N-methyl/N-ethyl adjacent to an activating group) is 1. The molecule has 0 aromatic heterocycles. The molecule has 8 heteroatoms. The molecule has 0 bridgehead atoms. The fourth-order valence-corrected chi connectivity index (χ4v) is 6.84. The van der Waals surface area contributed by atoms with Crippen molar-refractivity contribution in [2.45, 2.75) is 57.2 Å². The van der Waals surface area contributed by atoms with E-state index in [0.717, 1.165) is 25.7 Å². The normalized spacial score (nSPS) is 29.6. The van der Waals surface area contributed by atoms with Crippen molar-refractivity contribution in [3.8, 4) is 0 Å². The number of halogens is 3. The molecule has 1 aromatic rings. The Hall–Kier alpha value is -2.61. The summed E-state index contributed by atoms with van der Waals surface area (Å²) in [4.78, 5) is 33.3. The molecule has 206 valence electrons. The number of allylic oxidation sites excluding steroid dienone is 3. The van der Waals surface area contributed by atoms with E-state index in [1.165, 1.54) is 18.6 Å². The summed E-state index contributed by atoms with van der Waals surface area (Å²) in [6, 6.07) is 9.14. The minimum absolute atomic E-state index is 0.0744. The van der Waals surface area contributed by atoms with Crippen molar-refractivity contribution >= 4 is 17.4 Å². The van der Waals surface area contributed by atoms with Crippen LogP contribution in [0.1, 0.15) is 50.5 Å². The molecular formula is C30H38F3N3O2. The zero-order chi connectivity index (χ0) is 26.9. The first-order chi connectivity index (χ1) is 18.2. The quantitative estimate of drug-likeness (QED) is 0.530. The van der Waals surface area contributed by atoms with Crippen molar-refractivity contribution in [1.82, 2.24) is 14.7 Å². The SMILES string of the molecule is CN1CCN(C(=O)C2(CC3CCN(C4CCCCC4)C3=O)C=CC(c3ccccc3)=CC2C(F)(F)F)CC1. The molecule has 2 aliphatic heterocycles. The van der Waals surface area contributed by atoms with Crippen LogP contribution in [-0.4, -0.2) is 78.5 Å². The van der Waals surface area contributed by atoms with Crippen molar-refractivity contribution in [2.24, 2.45) is 17.3 Å². The van der Waals surface area contributed by atoms with Gasteiger partial charge in [0, 0.05) is 44.7 Å². The molecule has 3 atom stereocenters. The van der Waals surface area contributed by atoms with Gasteiger partial charge in [-0.3, -0.25) is 9.59 Å². The topological polar surface area (TPSA) is 43.9 Å². The Morgan fingerprint density at radius 3 is 2.32 bits per heavy atom. The molecule has 2 heterocycles. The second kappa shape index (κ2) is 10.9. The maximum absolute atomic E-state index is 14.9. The number of rotatable bonds is 5. The van der Waals surface area contributed by atoms with Crippen LogP contribution in [-0.2, 0) is 9.59 Å². The smallest absolute Gasteiger partial charge is 0.339 e. The van der Waals surface area contributed by atoms with Crippen LogP contribution in [0.4, 0.5) is 13.2 Å². The lowest BCUT2D eigenvalue weighted by Crippen LogP contribution is -2.56. The molecule has 38 heavy (non-hydrogen) atoms. The fraction of sp³-hybridized carbons (Fsp3) is 0.600. The maximum atomic E-state index is 14.9. The van der Waals surface area contributed by atoms with E-state index < -0.39 is 29.3 Å². The summed E-state index contributed by atoms with van der Waals surface area (Å²) in [5, 5.41) is 0. The summed E-state index contributed by atoms with van der Waals surface area (Å²) in [7, 11) is 1.95. The summed E-state index contributed by atoms with van der Waals surface area (Å²) >= 11 is 0. The molecule has 0 radical (unpaired) electrons. The minimum atomic E-state index is -4.64. The standard InChI is InChI=1S/C30H38F3N3O2/c1-34-16-18-35(19-17-34)28(38)29(21-24-13-15-36(27(24)37)25-10-6-3-7-11-25)14-12-23(20-26(29)30(31,32)33)22-8-4-2-5-9-22/h2,4-5,8-9,12,14,20,24-26H,3,6-7,10-11,13,15-19,21H2,1H3. The number of alkyl halides is 3. The zero-order valence-electron chi connectivity index (χ0n) is 22.1. The Labute approximate surface area is 223 Å². The number of piperazine rings is 1. The van der Waals surface area contributed by atoms with Gasteiger partial charge < -0.3 is 14.7 Å². The van der Waals surface area contributed by atoms with Gasteiger partial charge in [0.05, 0.1) is 11.3 Å². The first kappa shape index (κ1) is 27.0. The summed E-state index contributed by atoms with van der Waals surface area (Å²) in [6.07, 6.45) is 5.37. The number of hydrogen-bond acceptors (Lipinski definition) is 3. The Morgan fingerprint density at radius 1 is 0.974 bits per heavy atom. The van der Waals surface area contributed by atoms with Crippen molar-refractivity contribution in [3.05, 3.63) is 54.1 Å². The lowest BCUT2D eigenvalue weighted by molar-refractivity contribution is -0.195. The molecule has 0 spiro atoms. The molecule has 2 saturated heterocycles. The Morgan fingerprint density at radius 2 is 1.66 bits per heavy atom. The summed E-state index contributed by atoms with van der Waals surface area (Å²) in [6.45, 7) is 2.57. The summed E-state index contributed by atoms with van der Waals surface area (Å²) < 4.78 is 44.7. The van der Waals surface area contributed by atoms with E-state index in [9.17, 15) is 22.8 Å². The minimum Gasteiger partial charge on any atom is -0.339 e. The maximum Gasteiger partial charge on any atom is 0.396 e. The predicted molar refractivity (Wildman–Crippen MR) is 141 cm³/mol. The van der Waals surface area contributed by atoms with Gasteiger partial charge in [-0.1, -0.05) is 67.8 Å². The van der Waals surface area contributed by atoms with Crippen molar-refractivity contribution < 1.29 is 22.8 Å². The highest BCUT2D eigenvalue weighted by atomic mass is 19.4. The highest BCUT2D eigenvalue weighted by molar-refractivity contribution is 5.90. The molecule has 1 aromatic carbocycles. The number of benzene rings is 1. The van der Waals surface area contributed by atoms with Crippen LogP contribution in [0.3, 0.4) is 0 Å². The van der Waals surface area contributed by atoms with Crippen LogP contribution in [0.15, 0.2) is 48.6 Å². The Kier molecular flexibility index (Phi) is 7.72. The van der Waals surface area contributed by atoms with Crippen molar-refractivity contribution in [3.63, 3.8) is 0 Å². The van der Waals surface area contributed by atoms with Crippen LogP contribution < -0.4 is 0 Å².